The first-order valence-corrected chi connectivity index (χ1v) is 5.54. The molecule has 0 bridgehead atoms. The first-order chi connectivity index (χ1) is 8.55. The molecule has 1 atom stereocenters. The Morgan fingerprint density at radius 3 is 2.83 bits per heavy atom. The van der Waals surface area contributed by atoms with Crippen LogP contribution in [-0.2, 0) is 10.9 Å². The minimum Gasteiger partial charge on any atom is -0.489 e. The topological polar surface area (TPSA) is 43.4 Å². The number of alkyl halides is 3. The number of ether oxygens (including phenoxy) is 2. The number of halogens is 3. The number of nitrogens with zero attached hydrogens (tertiary/aromatic N) is 1. The molecule has 1 saturated heterocycles. The van der Waals surface area contributed by atoms with E-state index in [-0.39, 0.29) is 6.10 Å². The van der Waals surface area contributed by atoms with Crippen molar-refractivity contribution in [3.05, 3.63) is 24.0 Å². The fourth-order valence-electron chi connectivity index (χ4n) is 1.55. The molecular weight excluding hydrogens is 249 g/mol. The van der Waals surface area contributed by atoms with Gasteiger partial charge in [0.1, 0.15) is 24.2 Å². The molecule has 1 unspecified atom stereocenters. The van der Waals surface area contributed by atoms with Gasteiger partial charge in [-0.3, -0.25) is 0 Å². The molecule has 0 aliphatic carbocycles. The van der Waals surface area contributed by atoms with Crippen molar-refractivity contribution in [3.8, 4) is 5.75 Å². The number of nitrogens with one attached hydrogen (secondary N) is 1. The molecule has 0 aromatic carbocycles. The summed E-state index contributed by atoms with van der Waals surface area (Å²) in [6.07, 6.45) is -3.44. The van der Waals surface area contributed by atoms with Crippen LogP contribution < -0.4 is 10.1 Å². The van der Waals surface area contributed by atoms with Crippen molar-refractivity contribution in [2.45, 2.75) is 12.3 Å². The van der Waals surface area contributed by atoms with E-state index in [9.17, 15) is 13.2 Å². The third-order valence-electron chi connectivity index (χ3n) is 2.47. The average Bonchev–Trinajstić information content (AvgIpc) is 2.37. The lowest BCUT2D eigenvalue weighted by Gasteiger charge is -2.23. The third kappa shape index (κ3) is 3.58. The van der Waals surface area contributed by atoms with Crippen LogP contribution in [0.4, 0.5) is 13.2 Å². The van der Waals surface area contributed by atoms with Gasteiger partial charge in [0.2, 0.25) is 0 Å². The SMILES string of the molecule is FC(F)(F)c1ccc(OCC2CNCCO2)cn1. The molecule has 1 aromatic heterocycles. The number of aromatic nitrogens is 1. The van der Waals surface area contributed by atoms with Gasteiger partial charge in [-0.05, 0) is 12.1 Å². The Bertz CT molecular complexity index is 375. The summed E-state index contributed by atoms with van der Waals surface area (Å²) in [4.78, 5) is 3.31. The van der Waals surface area contributed by atoms with Gasteiger partial charge in [0.25, 0.3) is 0 Å². The molecular formula is C11H13F3N2O2. The summed E-state index contributed by atoms with van der Waals surface area (Å²) >= 11 is 0. The Morgan fingerprint density at radius 1 is 1.44 bits per heavy atom. The number of morpholine rings is 1. The first kappa shape index (κ1) is 13.1. The smallest absolute Gasteiger partial charge is 0.433 e. The predicted molar refractivity (Wildman–Crippen MR) is 57.3 cm³/mol. The van der Waals surface area contributed by atoms with Crippen LogP contribution >= 0.6 is 0 Å². The van der Waals surface area contributed by atoms with Gasteiger partial charge in [-0.15, -0.1) is 0 Å². The maximum atomic E-state index is 12.3. The van der Waals surface area contributed by atoms with Gasteiger partial charge < -0.3 is 14.8 Å². The second-order valence-corrected chi connectivity index (χ2v) is 3.88. The summed E-state index contributed by atoms with van der Waals surface area (Å²) in [6.45, 7) is 2.38. The Hall–Kier alpha value is -1.34. The van der Waals surface area contributed by atoms with Crippen molar-refractivity contribution in [2.24, 2.45) is 0 Å². The molecule has 1 fully saturated rings. The fourth-order valence-corrected chi connectivity index (χ4v) is 1.55. The molecule has 1 N–H and O–H groups in total. The van der Waals surface area contributed by atoms with Gasteiger partial charge in [0.05, 0.1) is 12.8 Å². The summed E-state index contributed by atoms with van der Waals surface area (Å²) in [6, 6.07) is 2.15. The van der Waals surface area contributed by atoms with Crippen molar-refractivity contribution in [1.82, 2.24) is 10.3 Å². The Labute approximate surface area is 102 Å². The van der Waals surface area contributed by atoms with E-state index in [4.69, 9.17) is 9.47 Å². The Balaban J connectivity index is 1.86. The van der Waals surface area contributed by atoms with Gasteiger partial charge in [-0.25, -0.2) is 4.98 Å². The summed E-state index contributed by atoms with van der Waals surface area (Å²) in [5.74, 6) is 0.303. The van der Waals surface area contributed by atoms with Crippen molar-refractivity contribution >= 4 is 0 Å². The minimum absolute atomic E-state index is 0.0824. The van der Waals surface area contributed by atoms with E-state index in [2.05, 4.69) is 10.3 Å². The molecule has 7 heteroatoms. The monoisotopic (exact) mass is 262 g/mol. The molecule has 18 heavy (non-hydrogen) atoms. The van der Waals surface area contributed by atoms with Gasteiger partial charge in [-0.1, -0.05) is 0 Å². The van der Waals surface area contributed by atoms with E-state index in [1.807, 2.05) is 0 Å². The zero-order valence-corrected chi connectivity index (χ0v) is 9.54. The van der Waals surface area contributed by atoms with Gasteiger partial charge >= 0.3 is 6.18 Å². The molecule has 2 heterocycles. The third-order valence-corrected chi connectivity index (χ3v) is 2.47. The van der Waals surface area contributed by atoms with Gasteiger partial charge in [0, 0.05) is 13.1 Å². The number of hydrogen-bond donors (Lipinski definition) is 1. The van der Waals surface area contributed by atoms with Gasteiger partial charge in [-0.2, -0.15) is 13.2 Å². The van der Waals surface area contributed by atoms with Crippen LogP contribution in [0.15, 0.2) is 18.3 Å². The highest BCUT2D eigenvalue weighted by Gasteiger charge is 2.32. The van der Waals surface area contributed by atoms with E-state index in [0.717, 1.165) is 18.8 Å². The summed E-state index contributed by atoms with van der Waals surface area (Å²) in [5.41, 5.74) is -0.926. The molecule has 1 aliphatic rings. The molecule has 0 spiro atoms. The molecule has 0 amide bonds. The number of rotatable bonds is 3. The maximum absolute atomic E-state index is 12.3. The lowest BCUT2D eigenvalue weighted by molar-refractivity contribution is -0.141. The lowest BCUT2D eigenvalue weighted by atomic mass is 10.3. The van der Waals surface area contributed by atoms with E-state index < -0.39 is 11.9 Å². The highest BCUT2D eigenvalue weighted by Crippen LogP contribution is 2.28. The Kier molecular flexibility index (Phi) is 4.03. The molecule has 1 aliphatic heterocycles. The molecule has 1 aromatic rings. The van der Waals surface area contributed by atoms with Crippen molar-refractivity contribution in [3.63, 3.8) is 0 Å². The highest BCUT2D eigenvalue weighted by molar-refractivity contribution is 5.21. The lowest BCUT2D eigenvalue weighted by Crippen LogP contribution is -2.41. The molecule has 0 saturated carbocycles. The fraction of sp³-hybridized carbons (Fsp3) is 0.545. The Morgan fingerprint density at radius 2 is 2.28 bits per heavy atom. The summed E-state index contributed by atoms with van der Waals surface area (Å²) in [7, 11) is 0. The van der Waals surface area contributed by atoms with E-state index in [1.54, 1.807) is 0 Å². The minimum atomic E-state index is -4.42. The van der Waals surface area contributed by atoms with E-state index >= 15 is 0 Å². The number of hydrogen-bond acceptors (Lipinski definition) is 4. The van der Waals surface area contributed by atoms with Crippen LogP contribution in [0.25, 0.3) is 0 Å². The van der Waals surface area contributed by atoms with Crippen molar-refractivity contribution in [2.75, 3.05) is 26.3 Å². The standard InChI is InChI=1S/C11H13F3N2O2/c12-11(13,14)10-2-1-8(6-16-10)18-7-9-5-15-3-4-17-9/h1-2,6,9,15H,3-5,7H2. The van der Waals surface area contributed by atoms with E-state index in [0.29, 0.717) is 25.5 Å². The summed E-state index contributed by atoms with van der Waals surface area (Å²) in [5, 5.41) is 3.13. The number of pyridine rings is 1. The van der Waals surface area contributed by atoms with Crippen LogP contribution in [0.3, 0.4) is 0 Å². The quantitative estimate of drug-likeness (QED) is 0.895. The van der Waals surface area contributed by atoms with Crippen LogP contribution in [0.1, 0.15) is 5.69 Å². The van der Waals surface area contributed by atoms with Gasteiger partial charge in [0.15, 0.2) is 0 Å². The van der Waals surface area contributed by atoms with Crippen molar-refractivity contribution in [1.29, 1.82) is 0 Å². The molecule has 2 rings (SSSR count). The molecule has 4 nitrogen and oxygen atoms in total. The van der Waals surface area contributed by atoms with Crippen LogP contribution in [0, 0.1) is 0 Å². The van der Waals surface area contributed by atoms with Crippen LogP contribution in [-0.4, -0.2) is 37.4 Å². The second kappa shape index (κ2) is 5.53. The summed E-state index contributed by atoms with van der Waals surface area (Å²) < 4.78 is 47.5. The zero-order chi connectivity index (χ0) is 13.0. The molecule has 0 radical (unpaired) electrons. The first-order valence-electron chi connectivity index (χ1n) is 5.54. The highest BCUT2D eigenvalue weighted by atomic mass is 19.4. The van der Waals surface area contributed by atoms with Crippen LogP contribution in [0.2, 0.25) is 0 Å². The van der Waals surface area contributed by atoms with Crippen molar-refractivity contribution < 1.29 is 22.6 Å². The average molecular weight is 262 g/mol. The predicted octanol–water partition coefficient (Wildman–Crippen LogP) is 1.47. The maximum Gasteiger partial charge on any atom is 0.433 e. The second-order valence-electron chi connectivity index (χ2n) is 3.88. The molecule has 100 valence electrons. The largest absolute Gasteiger partial charge is 0.489 e. The van der Waals surface area contributed by atoms with E-state index in [1.165, 1.54) is 6.07 Å². The van der Waals surface area contributed by atoms with Crippen LogP contribution in [0.5, 0.6) is 5.75 Å². The zero-order valence-electron chi connectivity index (χ0n) is 9.54. The normalized spacial score (nSPS) is 20.7.